The molecule has 0 aliphatic heterocycles. The van der Waals surface area contributed by atoms with Crippen LogP contribution < -0.4 is 0 Å². The van der Waals surface area contributed by atoms with Gasteiger partial charge in [-0.15, -0.1) is 0 Å². The van der Waals surface area contributed by atoms with E-state index in [1.54, 1.807) is 0 Å². The molecule has 1 heteroatoms. The topological polar surface area (TPSA) is 19.9 Å². The Labute approximate surface area is 80.5 Å². The molecule has 73 valence electrons. The van der Waals surface area contributed by atoms with Crippen LogP contribution in [0, 0.1) is 23.2 Å². The summed E-state index contributed by atoms with van der Waals surface area (Å²) in [6.07, 6.45) is 9.69. The minimum Gasteiger partial charge on any atom is -0.237 e. The lowest BCUT2D eigenvalue weighted by Crippen LogP contribution is -2.46. The van der Waals surface area contributed by atoms with Crippen LogP contribution in [0.1, 0.15) is 44.9 Å². The summed E-state index contributed by atoms with van der Waals surface area (Å²) in [5.41, 5.74) is 0.538. The quantitative estimate of drug-likeness (QED) is 0.621. The predicted octanol–water partition coefficient (Wildman–Crippen LogP) is 3.02. The molecule has 4 fully saturated rings. The molecule has 0 saturated heterocycles. The summed E-state index contributed by atoms with van der Waals surface area (Å²) < 4.78 is 0. The molecule has 4 saturated carbocycles. The highest BCUT2D eigenvalue weighted by Gasteiger charge is 2.50. The monoisotopic (exact) mass is 179 g/mol. The Hall–Kier alpha value is -0.0400. The first-order valence-corrected chi connectivity index (χ1v) is 5.88. The Morgan fingerprint density at radius 3 is 1.77 bits per heavy atom. The van der Waals surface area contributed by atoms with Crippen LogP contribution in [0.25, 0.3) is 0 Å². The standard InChI is InChI=1S/C12H19O/c13-2-1-12-6-9-3-10(7-12)5-11(4-9)8-12/h9-11H,1-8H2. The van der Waals surface area contributed by atoms with Crippen molar-refractivity contribution in [1.29, 1.82) is 0 Å². The number of hydrogen-bond donors (Lipinski definition) is 0. The summed E-state index contributed by atoms with van der Waals surface area (Å²) in [7, 11) is 0. The van der Waals surface area contributed by atoms with Gasteiger partial charge in [0.2, 0.25) is 0 Å². The Morgan fingerprint density at radius 2 is 1.38 bits per heavy atom. The van der Waals surface area contributed by atoms with E-state index in [2.05, 4.69) is 0 Å². The zero-order chi connectivity index (χ0) is 8.89. The molecule has 13 heavy (non-hydrogen) atoms. The van der Waals surface area contributed by atoms with Gasteiger partial charge < -0.3 is 0 Å². The summed E-state index contributed by atoms with van der Waals surface area (Å²) >= 11 is 0. The summed E-state index contributed by atoms with van der Waals surface area (Å²) in [4.78, 5) is 0. The van der Waals surface area contributed by atoms with Gasteiger partial charge in [0.25, 0.3) is 0 Å². The summed E-state index contributed by atoms with van der Waals surface area (Å²) in [5.74, 6) is 3.04. The van der Waals surface area contributed by atoms with Gasteiger partial charge in [-0.3, -0.25) is 0 Å². The first-order valence-electron chi connectivity index (χ1n) is 5.88. The average Bonchev–Trinajstić information content (AvgIpc) is 2.00. The fraction of sp³-hybridized carbons (Fsp3) is 1.00. The fourth-order valence-electron chi connectivity index (χ4n) is 4.81. The van der Waals surface area contributed by atoms with E-state index in [1.165, 1.54) is 38.5 Å². The maximum atomic E-state index is 10.8. The Morgan fingerprint density at radius 1 is 0.923 bits per heavy atom. The second-order valence-electron chi connectivity index (χ2n) is 5.87. The molecule has 0 heterocycles. The SMILES string of the molecule is [O]CCC12CC3CC(CC(C3)C1)C2. The van der Waals surface area contributed by atoms with Gasteiger partial charge in [0, 0.05) is 0 Å². The van der Waals surface area contributed by atoms with Crippen molar-refractivity contribution < 1.29 is 5.11 Å². The third-order valence-electron chi connectivity index (χ3n) is 4.80. The normalized spacial score (nSPS) is 52.8. The van der Waals surface area contributed by atoms with Crippen LogP contribution >= 0.6 is 0 Å². The largest absolute Gasteiger partial charge is 0.237 e. The summed E-state index contributed by atoms with van der Waals surface area (Å²) in [6, 6.07) is 0. The predicted molar refractivity (Wildman–Crippen MR) is 50.8 cm³/mol. The molecular formula is C12H19O. The van der Waals surface area contributed by atoms with Crippen LogP contribution in [-0.4, -0.2) is 6.61 Å². The smallest absolute Gasteiger partial charge is 0.0827 e. The number of hydrogen-bond acceptors (Lipinski definition) is 0. The van der Waals surface area contributed by atoms with Crippen molar-refractivity contribution in [2.45, 2.75) is 44.9 Å². The molecule has 4 bridgehead atoms. The first kappa shape index (κ1) is 8.28. The fourth-order valence-corrected chi connectivity index (χ4v) is 4.81. The molecule has 0 unspecified atom stereocenters. The van der Waals surface area contributed by atoms with Gasteiger partial charge in [-0.1, -0.05) is 0 Å². The molecular weight excluding hydrogens is 160 g/mol. The second-order valence-corrected chi connectivity index (χ2v) is 5.87. The summed E-state index contributed by atoms with van der Waals surface area (Å²) in [5, 5.41) is 10.8. The van der Waals surface area contributed by atoms with Crippen molar-refractivity contribution in [1.82, 2.24) is 0 Å². The van der Waals surface area contributed by atoms with Gasteiger partial charge in [0.1, 0.15) is 0 Å². The highest BCUT2D eigenvalue weighted by atomic mass is 16.3. The van der Waals surface area contributed by atoms with Gasteiger partial charge in [0.15, 0.2) is 0 Å². The molecule has 0 aromatic carbocycles. The van der Waals surface area contributed by atoms with Crippen molar-refractivity contribution in [3.8, 4) is 0 Å². The zero-order valence-electron chi connectivity index (χ0n) is 8.30. The van der Waals surface area contributed by atoms with E-state index in [0.717, 1.165) is 24.2 Å². The van der Waals surface area contributed by atoms with Gasteiger partial charge in [0.05, 0.1) is 6.61 Å². The van der Waals surface area contributed by atoms with Crippen LogP contribution in [0.3, 0.4) is 0 Å². The molecule has 0 N–H and O–H groups in total. The summed E-state index contributed by atoms with van der Waals surface area (Å²) in [6.45, 7) is 0.173. The van der Waals surface area contributed by atoms with Crippen LogP contribution in [0.2, 0.25) is 0 Å². The molecule has 1 nitrogen and oxygen atoms in total. The molecule has 0 aromatic rings. The third kappa shape index (κ3) is 1.24. The van der Waals surface area contributed by atoms with Gasteiger partial charge in [-0.25, -0.2) is 5.11 Å². The Kier molecular flexibility index (Phi) is 1.74. The van der Waals surface area contributed by atoms with Gasteiger partial charge in [-0.2, -0.15) is 0 Å². The highest BCUT2D eigenvalue weighted by Crippen LogP contribution is 2.61. The molecule has 4 rings (SSSR count). The lowest BCUT2D eigenvalue weighted by atomic mass is 9.49. The zero-order valence-corrected chi connectivity index (χ0v) is 8.30. The van der Waals surface area contributed by atoms with E-state index < -0.39 is 0 Å². The minimum absolute atomic E-state index is 0.173. The maximum absolute atomic E-state index is 10.8. The van der Waals surface area contributed by atoms with E-state index in [-0.39, 0.29) is 6.61 Å². The van der Waals surface area contributed by atoms with Gasteiger partial charge in [-0.05, 0) is 68.1 Å². The first-order chi connectivity index (χ1) is 6.30. The van der Waals surface area contributed by atoms with Crippen molar-refractivity contribution >= 4 is 0 Å². The van der Waals surface area contributed by atoms with Crippen molar-refractivity contribution in [2.24, 2.45) is 23.2 Å². The molecule has 0 atom stereocenters. The second kappa shape index (κ2) is 2.73. The molecule has 4 aliphatic rings. The van der Waals surface area contributed by atoms with E-state index in [9.17, 15) is 5.11 Å². The Bertz CT molecular complexity index is 174. The van der Waals surface area contributed by atoms with Crippen LogP contribution in [-0.2, 0) is 5.11 Å². The lowest BCUT2D eigenvalue weighted by Gasteiger charge is -2.56. The maximum Gasteiger partial charge on any atom is 0.0827 e. The van der Waals surface area contributed by atoms with Crippen LogP contribution in [0.5, 0.6) is 0 Å². The third-order valence-corrected chi connectivity index (χ3v) is 4.80. The molecule has 0 amide bonds. The van der Waals surface area contributed by atoms with Crippen molar-refractivity contribution in [2.75, 3.05) is 6.61 Å². The average molecular weight is 179 g/mol. The highest BCUT2D eigenvalue weighted by molar-refractivity contribution is 5.01. The molecule has 0 aromatic heterocycles. The number of rotatable bonds is 2. The van der Waals surface area contributed by atoms with Crippen LogP contribution in [0.15, 0.2) is 0 Å². The van der Waals surface area contributed by atoms with Crippen molar-refractivity contribution in [3.05, 3.63) is 0 Å². The van der Waals surface area contributed by atoms with E-state index in [0.29, 0.717) is 5.41 Å². The Balaban J connectivity index is 1.83. The van der Waals surface area contributed by atoms with E-state index in [4.69, 9.17) is 0 Å². The van der Waals surface area contributed by atoms with Crippen LogP contribution in [0.4, 0.5) is 0 Å². The minimum atomic E-state index is 0.173. The van der Waals surface area contributed by atoms with Gasteiger partial charge >= 0.3 is 0 Å². The molecule has 4 aliphatic carbocycles. The van der Waals surface area contributed by atoms with E-state index >= 15 is 0 Å². The molecule has 0 spiro atoms. The van der Waals surface area contributed by atoms with E-state index in [1.807, 2.05) is 0 Å². The lowest BCUT2D eigenvalue weighted by molar-refractivity contribution is -0.0677. The van der Waals surface area contributed by atoms with Crippen molar-refractivity contribution in [3.63, 3.8) is 0 Å². The molecule has 1 radical (unpaired) electrons.